The Kier molecular flexibility index (Phi) is 2.77. The summed E-state index contributed by atoms with van der Waals surface area (Å²) in [6, 6.07) is 3.73. The molecule has 0 bridgehead atoms. The largest absolute Gasteiger partial charge is 0.298 e. The summed E-state index contributed by atoms with van der Waals surface area (Å²) in [5.41, 5.74) is 1.57. The maximum atomic E-state index is 10.7. The zero-order valence-corrected chi connectivity index (χ0v) is 9.42. The number of halogens is 2. The minimum absolute atomic E-state index is 0.364. The number of rotatable bonds is 2. The van der Waals surface area contributed by atoms with Crippen LogP contribution in [0, 0.1) is 0 Å². The van der Waals surface area contributed by atoms with Gasteiger partial charge in [-0.1, -0.05) is 11.6 Å². The first kappa shape index (κ1) is 9.97. The van der Waals surface area contributed by atoms with Gasteiger partial charge in [0.05, 0.1) is 0 Å². The van der Waals surface area contributed by atoms with Gasteiger partial charge >= 0.3 is 0 Å². The Morgan fingerprint density at radius 1 is 1.43 bits per heavy atom. The zero-order chi connectivity index (χ0) is 10.1. The Labute approximate surface area is 95.3 Å². The first-order valence-corrected chi connectivity index (χ1v) is 5.76. The standard InChI is InChI=1S/C10H6Cl2OS/c11-3-6-1-8-7(4-13)5-14-10(8)2-9(6)12/h1-2,4-5H,3H2. The normalized spacial score (nSPS) is 10.7. The molecule has 1 heterocycles. The van der Waals surface area contributed by atoms with Crippen LogP contribution in [-0.4, -0.2) is 6.29 Å². The second-order valence-corrected chi connectivity index (χ2v) is 4.47. The first-order valence-electron chi connectivity index (χ1n) is 3.97. The van der Waals surface area contributed by atoms with Crippen molar-refractivity contribution in [2.24, 2.45) is 0 Å². The quantitative estimate of drug-likeness (QED) is 0.574. The fraction of sp³-hybridized carbons (Fsp3) is 0.100. The number of benzene rings is 1. The second kappa shape index (κ2) is 3.89. The average molecular weight is 245 g/mol. The highest BCUT2D eigenvalue weighted by Crippen LogP contribution is 2.31. The maximum absolute atomic E-state index is 10.7. The molecule has 0 amide bonds. The smallest absolute Gasteiger partial charge is 0.151 e. The molecule has 0 saturated carbocycles. The summed E-state index contributed by atoms with van der Waals surface area (Å²) < 4.78 is 1.02. The highest BCUT2D eigenvalue weighted by atomic mass is 35.5. The molecule has 0 spiro atoms. The Bertz CT molecular complexity index is 490. The van der Waals surface area contributed by atoms with E-state index in [0.717, 1.165) is 21.9 Å². The third-order valence-corrected chi connectivity index (χ3v) is 3.65. The Balaban J connectivity index is 2.76. The van der Waals surface area contributed by atoms with Crippen LogP contribution < -0.4 is 0 Å². The molecule has 14 heavy (non-hydrogen) atoms. The van der Waals surface area contributed by atoms with Crippen LogP contribution in [-0.2, 0) is 5.88 Å². The van der Waals surface area contributed by atoms with Crippen molar-refractivity contribution in [3.63, 3.8) is 0 Å². The molecule has 1 aromatic carbocycles. The second-order valence-electron chi connectivity index (χ2n) is 2.88. The van der Waals surface area contributed by atoms with Gasteiger partial charge in [-0.3, -0.25) is 4.79 Å². The molecule has 1 aromatic heterocycles. The van der Waals surface area contributed by atoms with Gasteiger partial charge in [0.15, 0.2) is 6.29 Å². The summed E-state index contributed by atoms with van der Waals surface area (Å²) in [6.07, 6.45) is 0.852. The predicted octanol–water partition coefficient (Wildman–Crippen LogP) is 4.11. The van der Waals surface area contributed by atoms with Gasteiger partial charge in [0.2, 0.25) is 0 Å². The van der Waals surface area contributed by atoms with E-state index >= 15 is 0 Å². The van der Waals surface area contributed by atoms with E-state index in [9.17, 15) is 4.79 Å². The molecule has 72 valence electrons. The summed E-state index contributed by atoms with van der Waals surface area (Å²) in [4.78, 5) is 10.7. The van der Waals surface area contributed by atoms with Gasteiger partial charge in [-0.15, -0.1) is 22.9 Å². The Hall–Kier alpha value is -0.570. The van der Waals surface area contributed by atoms with Gasteiger partial charge in [0, 0.05) is 31.9 Å². The van der Waals surface area contributed by atoms with Crippen LogP contribution in [0.25, 0.3) is 10.1 Å². The molecule has 2 aromatic rings. The van der Waals surface area contributed by atoms with E-state index in [1.165, 1.54) is 11.3 Å². The van der Waals surface area contributed by atoms with E-state index in [4.69, 9.17) is 23.2 Å². The van der Waals surface area contributed by atoms with E-state index in [1.807, 2.05) is 17.5 Å². The van der Waals surface area contributed by atoms with Gasteiger partial charge in [0.1, 0.15) is 0 Å². The number of fused-ring (bicyclic) bond motifs is 1. The highest BCUT2D eigenvalue weighted by molar-refractivity contribution is 7.17. The minimum atomic E-state index is 0.364. The molecule has 0 atom stereocenters. The highest BCUT2D eigenvalue weighted by Gasteiger charge is 2.07. The molecular formula is C10H6Cl2OS. The lowest BCUT2D eigenvalue weighted by molar-refractivity contribution is 0.112. The minimum Gasteiger partial charge on any atom is -0.298 e. The maximum Gasteiger partial charge on any atom is 0.151 e. The molecule has 2 rings (SSSR count). The molecule has 0 aliphatic carbocycles. The van der Waals surface area contributed by atoms with E-state index in [2.05, 4.69) is 0 Å². The number of aldehydes is 1. The number of thiophene rings is 1. The van der Waals surface area contributed by atoms with Crippen LogP contribution in [0.15, 0.2) is 17.5 Å². The van der Waals surface area contributed by atoms with Crippen LogP contribution in [0.5, 0.6) is 0 Å². The number of carbonyl (C=O) groups excluding carboxylic acids is 1. The summed E-state index contributed by atoms with van der Waals surface area (Å²) >= 11 is 13.2. The molecule has 0 fully saturated rings. The van der Waals surface area contributed by atoms with Gasteiger partial charge in [-0.05, 0) is 17.7 Å². The van der Waals surface area contributed by atoms with Crippen molar-refractivity contribution in [1.29, 1.82) is 0 Å². The molecule has 0 unspecified atom stereocenters. The average Bonchev–Trinajstić information content (AvgIpc) is 2.58. The lowest BCUT2D eigenvalue weighted by Gasteiger charge is -2.00. The van der Waals surface area contributed by atoms with E-state index in [1.54, 1.807) is 0 Å². The van der Waals surface area contributed by atoms with Crippen LogP contribution in [0.2, 0.25) is 5.02 Å². The van der Waals surface area contributed by atoms with Crippen molar-refractivity contribution in [2.75, 3.05) is 0 Å². The van der Waals surface area contributed by atoms with Crippen LogP contribution in [0.1, 0.15) is 15.9 Å². The van der Waals surface area contributed by atoms with Crippen molar-refractivity contribution in [3.8, 4) is 0 Å². The number of hydrogen-bond donors (Lipinski definition) is 0. The molecule has 1 nitrogen and oxygen atoms in total. The van der Waals surface area contributed by atoms with Gasteiger partial charge in [-0.25, -0.2) is 0 Å². The summed E-state index contributed by atoms with van der Waals surface area (Å²) in [7, 11) is 0. The lowest BCUT2D eigenvalue weighted by Crippen LogP contribution is -1.81. The predicted molar refractivity (Wildman–Crippen MR) is 61.8 cm³/mol. The van der Waals surface area contributed by atoms with Crippen LogP contribution in [0.3, 0.4) is 0 Å². The fourth-order valence-electron chi connectivity index (χ4n) is 1.31. The van der Waals surface area contributed by atoms with Crippen LogP contribution in [0.4, 0.5) is 0 Å². The molecule has 0 N–H and O–H groups in total. The first-order chi connectivity index (χ1) is 6.76. The van der Waals surface area contributed by atoms with Gasteiger partial charge in [-0.2, -0.15) is 0 Å². The Morgan fingerprint density at radius 2 is 2.21 bits per heavy atom. The van der Waals surface area contributed by atoms with Gasteiger partial charge in [0.25, 0.3) is 0 Å². The molecule has 0 aliphatic rings. The summed E-state index contributed by atoms with van der Waals surface area (Å²) in [5.74, 6) is 0.364. The third kappa shape index (κ3) is 1.54. The lowest BCUT2D eigenvalue weighted by atomic mass is 10.1. The molecule has 0 radical (unpaired) electrons. The SMILES string of the molecule is O=Cc1csc2cc(Cl)c(CCl)cc12. The van der Waals surface area contributed by atoms with Crippen molar-refractivity contribution in [1.82, 2.24) is 0 Å². The topological polar surface area (TPSA) is 17.1 Å². The monoisotopic (exact) mass is 244 g/mol. The summed E-state index contributed by atoms with van der Waals surface area (Å²) in [5, 5.41) is 3.42. The third-order valence-electron chi connectivity index (χ3n) is 2.04. The molecule has 0 saturated heterocycles. The van der Waals surface area contributed by atoms with E-state index in [0.29, 0.717) is 16.5 Å². The summed E-state index contributed by atoms with van der Waals surface area (Å²) in [6.45, 7) is 0. The molecule has 4 heteroatoms. The van der Waals surface area contributed by atoms with Crippen LogP contribution >= 0.6 is 34.5 Å². The number of alkyl halides is 1. The van der Waals surface area contributed by atoms with Crippen molar-refractivity contribution in [2.45, 2.75) is 5.88 Å². The Morgan fingerprint density at radius 3 is 2.86 bits per heavy atom. The van der Waals surface area contributed by atoms with Gasteiger partial charge < -0.3 is 0 Å². The van der Waals surface area contributed by atoms with E-state index < -0.39 is 0 Å². The fourth-order valence-corrected chi connectivity index (χ4v) is 2.82. The van der Waals surface area contributed by atoms with Crippen molar-refractivity contribution in [3.05, 3.63) is 33.7 Å². The van der Waals surface area contributed by atoms with Crippen molar-refractivity contribution >= 4 is 50.9 Å². The van der Waals surface area contributed by atoms with E-state index in [-0.39, 0.29) is 0 Å². The van der Waals surface area contributed by atoms with Crippen molar-refractivity contribution < 1.29 is 4.79 Å². The number of carbonyl (C=O) groups is 1. The molecule has 0 aliphatic heterocycles. The molecular weight excluding hydrogens is 239 g/mol. The zero-order valence-electron chi connectivity index (χ0n) is 7.09. The number of hydrogen-bond acceptors (Lipinski definition) is 2.